The van der Waals surface area contributed by atoms with Crippen molar-refractivity contribution in [2.24, 2.45) is 0 Å². The van der Waals surface area contributed by atoms with E-state index in [1.54, 1.807) is 7.11 Å². The molecule has 2 heterocycles. The minimum atomic E-state index is -0.198. The lowest BCUT2D eigenvalue weighted by molar-refractivity contribution is 0.415. The first kappa shape index (κ1) is 26.6. The van der Waals surface area contributed by atoms with Gasteiger partial charge in [0.05, 0.1) is 29.5 Å². The number of aromatic nitrogens is 3. The van der Waals surface area contributed by atoms with Gasteiger partial charge >= 0.3 is 0 Å². The Kier molecular flexibility index (Phi) is 5.72. The summed E-state index contributed by atoms with van der Waals surface area (Å²) in [6, 6.07) is 47.1. The Morgan fingerprint density at radius 3 is 2.13 bits per heavy atom. The van der Waals surface area contributed by atoms with Crippen molar-refractivity contribution in [2.45, 2.75) is 19.3 Å². The fourth-order valence-electron chi connectivity index (χ4n) is 7.56. The van der Waals surface area contributed by atoms with Gasteiger partial charge in [-0.3, -0.25) is 0 Å². The van der Waals surface area contributed by atoms with Crippen LogP contribution in [0.4, 0.5) is 0 Å². The Bertz CT molecular complexity index is 2490. The van der Waals surface area contributed by atoms with E-state index < -0.39 is 0 Å². The number of benzene rings is 6. The van der Waals surface area contributed by atoms with Crippen molar-refractivity contribution in [1.82, 2.24) is 14.5 Å². The zero-order valence-corrected chi connectivity index (χ0v) is 26.0. The van der Waals surface area contributed by atoms with E-state index >= 15 is 0 Å². The monoisotopic (exact) mass is 593 g/mol. The largest absolute Gasteiger partial charge is 0.497 e. The summed E-state index contributed by atoms with van der Waals surface area (Å²) in [6.45, 7) is 4.71. The van der Waals surface area contributed by atoms with Gasteiger partial charge in [-0.15, -0.1) is 0 Å². The second-order valence-electron chi connectivity index (χ2n) is 12.6. The molecule has 0 atom stereocenters. The van der Waals surface area contributed by atoms with Crippen LogP contribution in [-0.4, -0.2) is 21.6 Å². The third kappa shape index (κ3) is 3.73. The third-order valence-corrected chi connectivity index (χ3v) is 9.64. The first-order valence-corrected chi connectivity index (χ1v) is 15.7. The highest BCUT2D eigenvalue weighted by Crippen LogP contribution is 2.54. The summed E-state index contributed by atoms with van der Waals surface area (Å²) < 4.78 is 8.07. The molecule has 0 N–H and O–H groups in total. The van der Waals surface area contributed by atoms with Crippen molar-refractivity contribution < 1.29 is 4.74 Å². The lowest BCUT2D eigenvalue weighted by Crippen LogP contribution is -2.20. The Labute approximate surface area is 267 Å². The fraction of sp³-hybridized carbons (Fsp3) is 0.0952. The molecule has 4 nitrogen and oxygen atoms in total. The summed E-state index contributed by atoms with van der Waals surface area (Å²) in [5.41, 5.74) is 11.3. The minimum absolute atomic E-state index is 0.198. The van der Waals surface area contributed by atoms with Gasteiger partial charge in [-0.2, -0.15) is 0 Å². The van der Waals surface area contributed by atoms with E-state index in [9.17, 15) is 0 Å². The van der Waals surface area contributed by atoms with E-state index in [1.807, 2.05) is 30.3 Å². The maximum atomic E-state index is 5.56. The molecule has 1 aliphatic carbocycles. The molecule has 0 aliphatic heterocycles. The van der Waals surface area contributed by atoms with Gasteiger partial charge in [0.2, 0.25) is 0 Å². The van der Waals surface area contributed by atoms with Crippen LogP contribution in [0.1, 0.15) is 25.1 Å². The molecule has 6 aromatic carbocycles. The van der Waals surface area contributed by atoms with Crippen LogP contribution >= 0.6 is 0 Å². The molecule has 4 heteroatoms. The van der Waals surface area contributed by atoms with Gasteiger partial charge in [0.1, 0.15) is 5.75 Å². The molecule has 9 rings (SSSR count). The third-order valence-electron chi connectivity index (χ3n) is 9.64. The van der Waals surface area contributed by atoms with Crippen molar-refractivity contribution in [3.63, 3.8) is 0 Å². The Morgan fingerprint density at radius 1 is 0.609 bits per heavy atom. The molecule has 0 unspecified atom stereocenters. The zero-order valence-electron chi connectivity index (χ0n) is 26.0. The second-order valence-corrected chi connectivity index (χ2v) is 12.6. The number of fused-ring (bicyclic) bond motifs is 8. The van der Waals surface area contributed by atoms with Gasteiger partial charge in [0, 0.05) is 49.3 Å². The summed E-state index contributed by atoms with van der Waals surface area (Å²) in [6.07, 6.45) is 0. The molecular formula is C42H31N3O. The van der Waals surface area contributed by atoms with Gasteiger partial charge in [-0.05, 0) is 35.4 Å². The van der Waals surface area contributed by atoms with E-state index in [0.29, 0.717) is 5.82 Å². The number of rotatable bonds is 4. The minimum Gasteiger partial charge on any atom is -0.497 e. The number of hydrogen-bond acceptors (Lipinski definition) is 3. The molecule has 0 spiro atoms. The highest BCUT2D eigenvalue weighted by Gasteiger charge is 2.41. The van der Waals surface area contributed by atoms with E-state index in [0.717, 1.165) is 49.9 Å². The van der Waals surface area contributed by atoms with Crippen LogP contribution in [0, 0.1) is 0 Å². The van der Waals surface area contributed by atoms with Crippen molar-refractivity contribution in [1.29, 1.82) is 0 Å². The van der Waals surface area contributed by atoms with Crippen LogP contribution in [0.2, 0.25) is 0 Å². The van der Waals surface area contributed by atoms with Crippen LogP contribution in [-0.2, 0) is 5.41 Å². The Balaban J connectivity index is 1.43. The summed E-state index contributed by atoms with van der Waals surface area (Å²) >= 11 is 0. The van der Waals surface area contributed by atoms with Gasteiger partial charge < -0.3 is 9.30 Å². The van der Waals surface area contributed by atoms with E-state index in [4.69, 9.17) is 14.7 Å². The molecule has 46 heavy (non-hydrogen) atoms. The van der Waals surface area contributed by atoms with Crippen LogP contribution in [0.25, 0.3) is 72.0 Å². The fourth-order valence-corrected chi connectivity index (χ4v) is 7.56. The van der Waals surface area contributed by atoms with Gasteiger partial charge in [0.25, 0.3) is 0 Å². The SMILES string of the molecule is COc1cccc(-c2nc(-c3ccccc3)c3cc(-n4c5c(c6ccccc64)-c4ccccc4C5(C)C)c4ccccc4c3n2)c1. The van der Waals surface area contributed by atoms with Crippen LogP contribution in [0.3, 0.4) is 0 Å². The van der Waals surface area contributed by atoms with Gasteiger partial charge in [0.15, 0.2) is 5.82 Å². The van der Waals surface area contributed by atoms with Crippen molar-refractivity contribution in [2.75, 3.05) is 7.11 Å². The average molecular weight is 594 g/mol. The predicted octanol–water partition coefficient (Wildman–Crippen LogP) is 10.4. The molecule has 0 amide bonds. The highest BCUT2D eigenvalue weighted by molar-refractivity contribution is 6.14. The maximum absolute atomic E-state index is 5.56. The Morgan fingerprint density at radius 2 is 1.30 bits per heavy atom. The smallest absolute Gasteiger partial charge is 0.160 e. The molecular weight excluding hydrogens is 562 g/mol. The molecule has 1 aliphatic rings. The first-order valence-electron chi connectivity index (χ1n) is 15.7. The quantitative estimate of drug-likeness (QED) is 0.191. The maximum Gasteiger partial charge on any atom is 0.160 e. The molecule has 0 saturated carbocycles. The molecule has 0 saturated heterocycles. The number of methoxy groups -OCH3 is 1. The summed E-state index contributed by atoms with van der Waals surface area (Å²) in [5.74, 6) is 1.45. The second kappa shape index (κ2) is 9.88. The van der Waals surface area contributed by atoms with Crippen LogP contribution in [0.15, 0.2) is 133 Å². The van der Waals surface area contributed by atoms with Crippen molar-refractivity contribution >= 4 is 32.6 Å². The van der Waals surface area contributed by atoms with Crippen molar-refractivity contribution in [3.8, 4) is 45.2 Å². The zero-order chi connectivity index (χ0) is 31.0. The lowest BCUT2D eigenvalue weighted by atomic mass is 9.85. The summed E-state index contributed by atoms with van der Waals surface area (Å²) in [5, 5.41) is 4.54. The molecule has 0 fully saturated rings. The molecule has 0 radical (unpaired) electrons. The molecule has 2 aromatic heterocycles. The van der Waals surface area contributed by atoms with Crippen molar-refractivity contribution in [3.05, 3.63) is 145 Å². The highest BCUT2D eigenvalue weighted by atomic mass is 16.5. The van der Waals surface area contributed by atoms with Crippen LogP contribution < -0.4 is 4.74 Å². The molecule has 0 bridgehead atoms. The number of nitrogens with zero attached hydrogens (tertiary/aromatic N) is 3. The van der Waals surface area contributed by atoms with Gasteiger partial charge in [-0.1, -0.05) is 123 Å². The summed E-state index contributed by atoms with van der Waals surface area (Å²) in [7, 11) is 1.69. The molecule has 220 valence electrons. The Hall–Kier alpha value is -5.74. The van der Waals surface area contributed by atoms with Gasteiger partial charge in [-0.25, -0.2) is 9.97 Å². The van der Waals surface area contributed by atoms with Crippen LogP contribution in [0.5, 0.6) is 5.75 Å². The predicted molar refractivity (Wildman–Crippen MR) is 189 cm³/mol. The molecule has 8 aromatic rings. The average Bonchev–Trinajstić information content (AvgIpc) is 3.58. The number of para-hydroxylation sites is 1. The van der Waals surface area contributed by atoms with E-state index in [-0.39, 0.29) is 5.41 Å². The van der Waals surface area contributed by atoms with E-state index in [1.165, 1.54) is 33.3 Å². The first-order chi connectivity index (χ1) is 22.5. The summed E-state index contributed by atoms with van der Waals surface area (Å²) in [4.78, 5) is 10.5. The van der Waals surface area contributed by atoms with E-state index in [2.05, 4.69) is 122 Å². The lowest BCUT2D eigenvalue weighted by Gasteiger charge is -2.25. The number of hydrogen-bond donors (Lipinski definition) is 0. The topological polar surface area (TPSA) is 39.9 Å². The number of ether oxygens (including phenoxy) is 1. The standard InChI is InChI=1S/C42H31N3O/c1-42(2)34-22-11-9-20-31(34)37-32-21-10-12-23-35(32)45(40(37)42)36-25-33-38(26-14-5-4-6-15-26)43-41(27-16-13-17-28(24-27)46-3)44-39(33)30-19-8-7-18-29(30)36/h4-25H,1-3H3. The normalized spacial score (nSPS) is 13.3.